The molecule has 2 aliphatic rings. The molecule has 1 unspecified atom stereocenters. The van der Waals surface area contributed by atoms with Gasteiger partial charge in [-0.25, -0.2) is 4.79 Å². The summed E-state index contributed by atoms with van der Waals surface area (Å²) in [4.78, 5) is 26.0. The van der Waals surface area contributed by atoms with E-state index in [1.165, 1.54) is 16.7 Å². The molecule has 3 atom stereocenters. The lowest BCUT2D eigenvalue weighted by molar-refractivity contribution is -0.156. The molecule has 1 N–H and O–H groups in total. The molecule has 0 spiro atoms. The monoisotopic (exact) mass is 455 g/mol. The van der Waals surface area contributed by atoms with E-state index >= 15 is 0 Å². The van der Waals surface area contributed by atoms with Gasteiger partial charge in [0.1, 0.15) is 11.1 Å². The van der Waals surface area contributed by atoms with Gasteiger partial charge in [0.25, 0.3) is 0 Å². The second kappa shape index (κ2) is 7.65. The standard InChI is InChI=1S/C20H26ClNO5SSi/c1-11(27-29(5,6)20(2,3)4)14-16(23)22-15(18(24)25)19(28-17(14)22)26-13-9-7-12(21)8-10-13/h7-11,14,17H,1-6H3,(H,24,25)/t11-,14+,17?/m1/s1. The van der Waals surface area contributed by atoms with Crippen molar-refractivity contribution in [1.29, 1.82) is 0 Å². The Bertz CT molecular complexity index is 865. The van der Waals surface area contributed by atoms with Crippen LogP contribution in [0.3, 0.4) is 0 Å². The number of amides is 1. The Kier molecular flexibility index (Phi) is 5.86. The van der Waals surface area contributed by atoms with Crippen LogP contribution in [0.4, 0.5) is 0 Å². The van der Waals surface area contributed by atoms with Crippen molar-refractivity contribution in [3.63, 3.8) is 0 Å². The van der Waals surface area contributed by atoms with Crippen molar-refractivity contribution in [1.82, 2.24) is 4.90 Å². The van der Waals surface area contributed by atoms with Gasteiger partial charge in [-0.15, -0.1) is 0 Å². The number of thioether (sulfide) groups is 1. The molecule has 2 aliphatic heterocycles. The fraction of sp³-hybridized carbons (Fsp3) is 0.500. The van der Waals surface area contributed by atoms with E-state index < -0.39 is 20.2 Å². The first kappa shape index (κ1) is 22.2. The molecule has 29 heavy (non-hydrogen) atoms. The van der Waals surface area contributed by atoms with Crippen LogP contribution < -0.4 is 4.74 Å². The first-order valence-electron chi connectivity index (χ1n) is 9.42. The molecular formula is C20H26ClNO5SSi. The number of carbonyl (C=O) groups is 2. The number of carboxylic acids is 1. The number of aliphatic carboxylic acids is 1. The lowest BCUT2D eigenvalue weighted by Gasteiger charge is -2.47. The minimum Gasteiger partial charge on any atom is -0.476 e. The van der Waals surface area contributed by atoms with Crippen molar-refractivity contribution in [2.24, 2.45) is 5.92 Å². The molecule has 1 aromatic rings. The van der Waals surface area contributed by atoms with Gasteiger partial charge in [-0.3, -0.25) is 9.69 Å². The number of hydrogen-bond donors (Lipinski definition) is 1. The summed E-state index contributed by atoms with van der Waals surface area (Å²) in [6.45, 7) is 12.6. The molecule has 9 heteroatoms. The number of β-lactam (4-membered cyclic amide) rings is 1. The Morgan fingerprint density at radius 2 is 1.86 bits per heavy atom. The van der Waals surface area contributed by atoms with Crippen molar-refractivity contribution >= 4 is 43.6 Å². The summed E-state index contributed by atoms with van der Waals surface area (Å²) in [6, 6.07) is 6.64. The molecule has 3 rings (SSSR count). The van der Waals surface area contributed by atoms with Crippen LogP contribution in [0.15, 0.2) is 35.1 Å². The normalized spacial score (nSPS) is 23.0. The SMILES string of the molecule is C[C@@H](O[Si](C)(C)C(C)(C)C)[C@H]1C(=O)N2C(C(=O)O)=C(Oc3ccc(Cl)cc3)SC12. The van der Waals surface area contributed by atoms with Crippen molar-refractivity contribution in [2.45, 2.75) is 57.3 Å². The highest BCUT2D eigenvalue weighted by Gasteiger charge is 2.59. The minimum absolute atomic E-state index is 0.0177. The maximum Gasteiger partial charge on any atom is 0.357 e. The third-order valence-corrected chi connectivity index (χ3v) is 11.8. The molecule has 2 heterocycles. The number of rotatable bonds is 6. The Morgan fingerprint density at radius 1 is 1.28 bits per heavy atom. The summed E-state index contributed by atoms with van der Waals surface area (Å²) < 4.78 is 12.2. The highest BCUT2D eigenvalue weighted by atomic mass is 35.5. The zero-order valence-corrected chi connectivity index (χ0v) is 19.9. The summed E-state index contributed by atoms with van der Waals surface area (Å²) in [5.41, 5.74) is -0.115. The molecule has 0 saturated carbocycles. The Morgan fingerprint density at radius 3 is 2.38 bits per heavy atom. The number of carboxylic acid groups (broad SMARTS) is 1. The zero-order chi connectivity index (χ0) is 21.7. The lowest BCUT2D eigenvalue weighted by Crippen LogP contribution is -2.62. The van der Waals surface area contributed by atoms with Crippen molar-refractivity contribution in [3.8, 4) is 5.75 Å². The summed E-state index contributed by atoms with van der Waals surface area (Å²) in [7, 11) is -2.06. The first-order valence-corrected chi connectivity index (χ1v) is 13.6. The molecule has 0 radical (unpaired) electrons. The summed E-state index contributed by atoms with van der Waals surface area (Å²) in [5.74, 6) is -1.36. The fourth-order valence-electron chi connectivity index (χ4n) is 3.13. The molecular weight excluding hydrogens is 430 g/mol. The van der Waals surface area contributed by atoms with Crippen LogP contribution in [-0.2, 0) is 14.0 Å². The number of fused-ring (bicyclic) bond motifs is 1. The van der Waals surface area contributed by atoms with Gasteiger partial charge < -0.3 is 14.3 Å². The topological polar surface area (TPSA) is 76.1 Å². The van der Waals surface area contributed by atoms with E-state index in [2.05, 4.69) is 33.9 Å². The summed E-state index contributed by atoms with van der Waals surface area (Å²) in [5, 5.41) is 10.1. The van der Waals surface area contributed by atoms with Crippen molar-refractivity contribution in [2.75, 3.05) is 0 Å². The third kappa shape index (κ3) is 4.08. The van der Waals surface area contributed by atoms with Gasteiger partial charge in [-0.05, 0) is 49.3 Å². The Balaban J connectivity index is 1.79. The minimum atomic E-state index is -2.06. The van der Waals surface area contributed by atoms with Gasteiger partial charge in [-0.1, -0.05) is 44.1 Å². The summed E-state index contributed by atoms with van der Waals surface area (Å²) in [6.07, 6.45) is -0.304. The van der Waals surface area contributed by atoms with Gasteiger partial charge in [0, 0.05) is 5.02 Å². The van der Waals surface area contributed by atoms with Gasteiger partial charge in [-0.2, -0.15) is 0 Å². The van der Waals surface area contributed by atoms with E-state index in [1.807, 2.05) is 6.92 Å². The number of carbonyl (C=O) groups excluding carboxylic acids is 1. The van der Waals surface area contributed by atoms with E-state index in [4.69, 9.17) is 20.8 Å². The molecule has 158 valence electrons. The smallest absolute Gasteiger partial charge is 0.357 e. The fourth-order valence-corrected chi connectivity index (χ4v) is 6.15. The van der Waals surface area contributed by atoms with Gasteiger partial charge >= 0.3 is 5.97 Å². The highest BCUT2D eigenvalue weighted by Crippen LogP contribution is 2.52. The Labute approximate surface area is 181 Å². The third-order valence-electron chi connectivity index (χ3n) is 5.77. The van der Waals surface area contributed by atoms with E-state index in [1.54, 1.807) is 24.3 Å². The zero-order valence-electron chi connectivity index (χ0n) is 17.4. The second-order valence-electron chi connectivity index (χ2n) is 8.82. The van der Waals surface area contributed by atoms with E-state index in [9.17, 15) is 14.7 Å². The van der Waals surface area contributed by atoms with Gasteiger partial charge in [0.05, 0.1) is 12.0 Å². The highest BCUT2D eigenvalue weighted by molar-refractivity contribution is 8.03. The summed E-state index contributed by atoms with van der Waals surface area (Å²) >= 11 is 7.14. The molecule has 1 fully saturated rings. The molecule has 0 aliphatic carbocycles. The molecule has 1 aromatic carbocycles. The quantitative estimate of drug-likeness (QED) is 0.485. The van der Waals surface area contributed by atoms with E-state index in [0.29, 0.717) is 10.8 Å². The van der Waals surface area contributed by atoms with Crippen LogP contribution >= 0.6 is 23.4 Å². The number of ether oxygens (including phenoxy) is 1. The van der Waals surface area contributed by atoms with Crippen LogP contribution in [0, 0.1) is 5.92 Å². The number of hydrogen-bond acceptors (Lipinski definition) is 5. The second-order valence-corrected chi connectivity index (χ2v) is 15.1. The lowest BCUT2D eigenvalue weighted by atomic mass is 9.92. The first-order chi connectivity index (χ1) is 13.3. The maximum absolute atomic E-state index is 12.9. The molecule has 0 aromatic heterocycles. The average molecular weight is 456 g/mol. The average Bonchev–Trinajstić information content (AvgIpc) is 2.90. The van der Waals surface area contributed by atoms with Gasteiger partial charge in [0.15, 0.2) is 19.1 Å². The van der Waals surface area contributed by atoms with Crippen LogP contribution in [0.25, 0.3) is 0 Å². The molecule has 1 saturated heterocycles. The predicted octanol–water partition coefficient (Wildman–Crippen LogP) is 4.91. The van der Waals surface area contributed by atoms with Crippen LogP contribution in [0.5, 0.6) is 5.75 Å². The van der Waals surface area contributed by atoms with Crippen LogP contribution in [0.2, 0.25) is 23.2 Å². The predicted molar refractivity (Wildman–Crippen MR) is 116 cm³/mol. The van der Waals surface area contributed by atoms with Crippen molar-refractivity contribution in [3.05, 3.63) is 40.1 Å². The van der Waals surface area contributed by atoms with Gasteiger partial charge in [0.2, 0.25) is 5.91 Å². The van der Waals surface area contributed by atoms with Crippen LogP contribution in [-0.4, -0.2) is 41.7 Å². The van der Waals surface area contributed by atoms with Crippen molar-refractivity contribution < 1.29 is 23.9 Å². The van der Waals surface area contributed by atoms with E-state index in [-0.39, 0.29) is 33.2 Å². The number of halogens is 1. The maximum atomic E-state index is 12.9. The molecule has 6 nitrogen and oxygen atoms in total. The Hall–Kier alpha value is -1.48. The molecule has 0 bridgehead atoms. The largest absolute Gasteiger partial charge is 0.476 e. The number of benzene rings is 1. The molecule has 1 amide bonds. The van der Waals surface area contributed by atoms with Crippen LogP contribution in [0.1, 0.15) is 27.7 Å². The number of nitrogens with zero attached hydrogens (tertiary/aromatic N) is 1. The van der Waals surface area contributed by atoms with E-state index in [0.717, 1.165) is 0 Å².